The standard InChI is InChI=1S/C23H29F2N3O2S/c24-21(25)15-30-23-27-19-14-28(13-11-20(19)31-23)12-10-16-6-8-18(9-7-16)26-22(29)17-4-2-1-3-5-17/h1-5,16,18,21H,6-15H2,(H,26,29)/t16-,18-. The van der Waals surface area contributed by atoms with Crippen molar-refractivity contribution in [2.75, 3.05) is 19.7 Å². The van der Waals surface area contributed by atoms with Gasteiger partial charge in [0.05, 0.1) is 5.69 Å². The number of fused-ring (bicyclic) bond motifs is 1. The fraction of sp³-hybridized carbons (Fsp3) is 0.565. The molecule has 8 heteroatoms. The third kappa shape index (κ3) is 6.23. The van der Waals surface area contributed by atoms with Crippen LogP contribution in [0, 0.1) is 5.92 Å². The lowest BCUT2D eigenvalue weighted by atomic mass is 9.84. The maximum Gasteiger partial charge on any atom is 0.273 e. The second kappa shape index (κ2) is 10.5. The van der Waals surface area contributed by atoms with Gasteiger partial charge in [0.2, 0.25) is 0 Å². The number of hydrogen-bond acceptors (Lipinski definition) is 5. The average molecular weight is 450 g/mol. The van der Waals surface area contributed by atoms with Gasteiger partial charge in [0.1, 0.15) is 0 Å². The molecule has 0 saturated heterocycles. The van der Waals surface area contributed by atoms with Crippen molar-refractivity contribution in [1.82, 2.24) is 15.2 Å². The van der Waals surface area contributed by atoms with Gasteiger partial charge in [-0.05, 0) is 63.1 Å². The van der Waals surface area contributed by atoms with Crippen LogP contribution in [-0.2, 0) is 13.0 Å². The van der Waals surface area contributed by atoms with E-state index in [1.54, 1.807) is 0 Å². The minimum absolute atomic E-state index is 0.0216. The van der Waals surface area contributed by atoms with E-state index in [0.717, 1.165) is 74.3 Å². The largest absolute Gasteiger partial charge is 0.464 e. The molecule has 1 aromatic carbocycles. The Morgan fingerprint density at radius 2 is 2.00 bits per heavy atom. The third-order valence-electron chi connectivity index (χ3n) is 6.19. The number of benzene rings is 1. The van der Waals surface area contributed by atoms with Gasteiger partial charge in [0.25, 0.3) is 17.5 Å². The highest BCUT2D eigenvalue weighted by molar-refractivity contribution is 7.13. The Morgan fingerprint density at radius 1 is 1.23 bits per heavy atom. The Kier molecular flexibility index (Phi) is 7.50. The van der Waals surface area contributed by atoms with E-state index >= 15 is 0 Å². The zero-order chi connectivity index (χ0) is 21.6. The highest BCUT2D eigenvalue weighted by Crippen LogP contribution is 2.31. The topological polar surface area (TPSA) is 54.5 Å². The number of aromatic nitrogens is 1. The molecule has 1 aliphatic heterocycles. The first-order chi connectivity index (χ1) is 15.1. The SMILES string of the molecule is O=C(N[C@H]1CC[C@H](CCN2CCc3sc(OCC(F)F)nc3C2)CC1)c1ccccc1. The Morgan fingerprint density at radius 3 is 2.74 bits per heavy atom. The van der Waals surface area contributed by atoms with E-state index in [4.69, 9.17) is 4.74 Å². The highest BCUT2D eigenvalue weighted by atomic mass is 32.1. The normalized spacial score (nSPS) is 21.6. The van der Waals surface area contributed by atoms with E-state index in [9.17, 15) is 13.6 Å². The van der Waals surface area contributed by atoms with Crippen LogP contribution < -0.4 is 10.1 Å². The van der Waals surface area contributed by atoms with Gasteiger partial charge in [0.15, 0.2) is 6.61 Å². The second-order valence-electron chi connectivity index (χ2n) is 8.42. The molecule has 2 heterocycles. The van der Waals surface area contributed by atoms with E-state index in [1.807, 2.05) is 30.3 Å². The zero-order valence-electron chi connectivity index (χ0n) is 17.6. The molecule has 1 amide bonds. The van der Waals surface area contributed by atoms with Crippen LogP contribution in [0.5, 0.6) is 5.19 Å². The minimum Gasteiger partial charge on any atom is -0.464 e. The van der Waals surface area contributed by atoms with E-state index in [0.29, 0.717) is 11.1 Å². The number of amides is 1. The number of carbonyl (C=O) groups excluding carboxylic acids is 1. The molecule has 168 valence electrons. The summed E-state index contributed by atoms with van der Waals surface area (Å²) in [5.74, 6) is 0.708. The van der Waals surface area contributed by atoms with Gasteiger partial charge in [-0.15, -0.1) is 0 Å². The fourth-order valence-corrected chi connectivity index (χ4v) is 5.35. The van der Waals surface area contributed by atoms with Crippen molar-refractivity contribution in [1.29, 1.82) is 0 Å². The maximum absolute atomic E-state index is 12.3. The van der Waals surface area contributed by atoms with Gasteiger partial charge in [-0.2, -0.15) is 0 Å². The Hall–Kier alpha value is -2.06. The molecule has 5 nitrogen and oxygen atoms in total. The van der Waals surface area contributed by atoms with Crippen molar-refractivity contribution in [2.45, 2.75) is 57.5 Å². The maximum atomic E-state index is 12.3. The Labute approximate surface area is 185 Å². The zero-order valence-corrected chi connectivity index (χ0v) is 18.4. The van der Waals surface area contributed by atoms with Crippen molar-refractivity contribution in [3.05, 3.63) is 46.5 Å². The van der Waals surface area contributed by atoms with Gasteiger partial charge in [0, 0.05) is 29.6 Å². The van der Waals surface area contributed by atoms with Gasteiger partial charge in [-0.25, -0.2) is 13.8 Å². The first-order valence-electron chi connectivity index (χ1n) is 11.0. The highest BCUT2D eigenvalue weighted by Gasteiger charge is 2.25. The summed E-state index contributed by atoms with van der Waals surface area (Å²) in [6.07, 6.45) is 3.92. The number of nitrogens with zero attached hydrogens (tertiary/aromatic N) is 2. The van der Waals surface area contributed by atoms with Crippen LogP contribution in [0.1, 0.15) is 53.0 Å². The van der Waals surface area contributed by atoms with Crippen LogP contribution in [0.15, 0.2) is 30.3 Å². The summed E-state index contributed by atoms with van der Waals surface area (Å²) in [5, 5.41) is 3.54. The minimum atomic E-state index is -2.47. The summed E-state index contributed by atoms with van der Waals surface area (Å²) in [6.45, 7) is 2.18. The summed E-state index contributed by atoms with van der Waals surface area (Å²) in [4.78, 5) is 20.3. The molecule has 1 fully saturated rings. The van der Waals surface area contributed by atoms with Crippen molar-refractivity contribution >= 4 is 17.2 Å². The van der Waals surface area contributed by atoms with Gasteiger partial charge in [-0.3, -0.25) is 9.69 Å². The molecule has 4 rings (SSSR count). The molecule has 0 radical (unpaired) electrons. The third-order valence-corrected chi connectivity index (χ3v) is 7.26. The van der Waals surface area contributed by atoms with Crippen LogP contribution in [0.3, 0.4) is 0 Å². The molecule has 1 aromatic heterocycles. The number of nitrogens with one attached hydrogen (secondary N) is 1. The van der Waals surface area contributed by atoms with Gasteiger partial charge < -0.3 is 10.1 Å². The molecule has 2 aliphatic rings. The van der Waals surface area contributed by atoms with Gasteiger partial charge >= 0.3 is 0 Å². The number of alkyl halides is 2. The number of ether oxygens (including phenoxy) is 1. The van der Waals surface area contributed by atoms with Crippen molar-refractivity contribution in [2.24, 2.45) is 5.92 Å². The van der Waals surface area contributed by atoms with E-state index in [2.05, 4.69) is 15.2 Å². The first kappa shape index (κ1) is 22.1. The smallest absolute Gasteiger partial charge is 0.273 e. The molecular weight excluding hydrogens is 420 g/mol. The summed E-state index contributed by atoms with van der Waals surface area (Å²) < 4.78 is 29.7. The van der Waals surface area contributed by atoms with E-state index in [-0.39, 0.29) is 11.9 Å². The summed E-state index contributed by atoms with van der Waals surface area (Å²) in [7, 11) is 0. The predicted molar refractivity (Wildman–Crippen MR) is 117 cm³/mol. The molecule has 0 unspecified atom stereocenters. The number of hydrogen-bond donors (Lipinski definition) is 1. The lowest BCUT2D eigenvalue weighted by Gasteiger charge is -2.32. The molecule has 0 atom stereocenters. The Bertz CT molecular complexity index is 854. The lowest BCUT2D eigenvalue weighted by molar-refractivity contribution is 0.0815. The lowest BCUT2D eigenvalue weighted by Crippen LogP contribution is -2.38. The molecule has 1 saturated carbocycles. The van der Waals surface area contributed by atoms with E-state index < -0.39 is 13.0 Å². The van der Waals surface area contributed by atoms with Crippen LogP contribution >= 0.6 is 11.3 Å². The molecule has 1 N–H and O–H groups in total. The Balaban J connectivity index is 1.17. The second-order valence-corrected chi connectivity index (χ2v) is 9.47. The van der Waals surface area contributed by atoms with Crippen LogP contribution in [0.4, 0.5) is 8.78 Å². The number of thiazole rings is 1. The predicted octanol–water partition coefficient (Wildman–Crippen LogP) is 4.52. The quantitative estimate of drug-likeness (QED) is 0.644. The van der Waals surface area contributed by atoms with Crippen molar-refractivity contribution in [3.8, 4) is 5.19 Å². The monoisotopic (exact) mass is 449 g/mol. The molecule has 2 aromatic rings. The van der Waals surface area contributed by atoms with Crippen molar-refractivity contribution < 1.29 is 18.3 Å². The molecular formula is C23H29F2N3O2S. The number of carbonyl (C=O) groups is 1. The average Bonchev–Trinajstić information content (AvgIpc) is 3.20. The molecule has 1 aliphatic carbocycles. The molecule has 0 bridgehead atoms. The number of rotatable bonds is 8. The van der Waals surface area contributed by atoms with Crippen molar-refractivity contribution in [3.63, 3.8) is 0 Å². The summed E-state index contributed by atoms with van der Waals surface area (Å²) in [6, 6.07) is 9.65. The van der Waals surface area contributed by atoms with Crippen LogP contribution in [-0.4, -0.2) is 48.0 Å². The van der Waals surface area contributed by atoms with Gasteiger partial charge in [-0.1, -0.05) is 29.5 Å². The summed E-state index contributed by atoms with van der Waals surface area (Å²) in [5.41, 5.74) is 1.70. The van der Waals surface area contributed by atoms with Crippen LogP contribution in [0.2, 0.25) is 0 Å². The van der Waals surface area contributed by atoms with E-state index in [1.165, 1.54) is 11.3 Å². The summed E-state index contributed by atoms with van der Waals surface area (Å²) >= 11 is 1.40. The fourth-order valence-electron chi connectivity index (χ4n) is 4.43. The molecule has 0 spiro atoms. The first-order valence-corrected chi connectivity index (χ1v) is 11.9. The number of halogens is 2. The molecule has 31 heavy (non-hydrogen) atoms. The van der Waals surface area contributed by atoms with Crippen LogP contribution in [0.25, 0.3) is 0 Å².